The quantitative estimate of drug-likeness (QED) is 0.760. The largest absolute Gasteiger partial charge is 0.314 e. The van der Waals surface area contributed by atoms with Crippen molar-refractivity contribution in [3.8, 4) is 0 Å². The minimum absolute atomic E-state index is 0.250. The lowest BCUT2D eigenvalue weighted by Crippen LogP contribution is -2.42. The molecule has 2 rings (SSSR count). The fourth-order valence-electron chi connectivity index (χ4n) is 3.53. The van der Waals surface area contributed by atoms with Gasteiger partial charge in [-0.3, -0.25) is 0 Å². The van der Waals surface area contributed by atoms with Crippen LogP contribution in [-0.4, -0.2) is 12.6 Å². The monoisotopic (exact) mass is 311 g/mol. The maximum absolute atomic E-state index is 13.2. The molecule has 0 bridgehead atoms. The molecule has 21 heavy (non-hydrogen) atoms. The van der Waals surface area contributed by atoms with E-state index in [2.05, 4.69) is 19.2 Å². The molecule has 0 heterocycles. The summed E-state index contributed by atoms with van der Waals surface area (Å²) in [6.45, 7) is 5.57. The molecule has 1 aromatic rings. The molecule has 1 fully saturated rings. The maximum Gasteiger partial charge on any atom is 0.124 e. The van der Waals surface area contributed by atoms with Gasteiger partial charge in [0, 0.05) is 11.1 Å². The van der Waals surface area contributed by atoms with Gasteiger partial charge in [-0.2, -0.15) is 0 Å². The van der Waals surface area contributed by atoms with Gasteiger partial charge in [-0.1, -0.05) is 37.9 Å². The number of halogens is 2. The van der Waals surface area contributed by atoms with Crippen LogP contribution in [0.4, 0.5) is 4.39 Å². The van der Waals surface area contributed by atoms with Crippen molar-refractivity contribution in [2.45, 2.75) is 58.4 Å². The highest BCUT2D eigenvalue weighted by Gasteiger charge is 2.29. The predicted molar refractivity (Wildman–Crippen MR) is 88.3 cm³/mol. The Morgan fingerprint density at radius 1 is 1.29 bits per heavy atom. The van der Waals surface area contributed by atoms with Crippen LogP contribution in [0.25, 0.3) is 0 Å². The molecule has 1 aliphatic carbocycles. The van der Waals surface area contributed by atoms with E-state index < -0.39 is 0 Å². The summed E-state index contributed by atoms with van der Waals surface area (Å²) in [5.41, 5.74) is 1.09. The van der Waals surface area contributed by atoms with Gasteiger partial charge in [-0.15, -0.1) is 0 Å². The summed E-state index contributed by atoms with van der Waals surface area (Å²) in [5, 5.41) is 4.27. The van der Waals surface area contributed by atoms with Gasteiger partial charge in [0.15, 0.2) is 0 Å². The Labute approximate surface area is 133 Å². The van der Waals surface area contributed by atoms with E-state index in [0.29, 0.717) is 17.0 Å². The van der Waals surface area contributed by atoms with E-state index in [1.165, 1.54) is 37.8 Å². The molecule has 0 aromatic heterocycles. The Bertz CT molecular complexity index is 449. The van der Waals surface area contributed by atoms with Gasteiger partial charge in [0.25, 0.3) is 0 Å². The number of nitrogens with one attached hydrogen (secondary N) is 1. The average Bonchev–Trinajstić information content (AvgIpc) is 2.48. The normalized spacial score (nSPS) is 26.0. The predicted octanol–water partition coefficient (Wildman–Crippen LogP) is 5.22. The third kappa shape index (κ3) is 4.69. The van der Waals surface area contributed by atoms with Gasteiger partial charge >= 0.3 is 0 Å². The minimum atomic E-state index is -0.250. The van der Waals surface area contributed by atoms with E-state index in [4.69, 9.17) is 11.6 Å². The molecular weight excluding hydrogens is 285 g/mol. The van der Waals surface area contributed by atoms with Crippen LogP contribution in [0.5, 0.6) is 0 Å². The van der Waals surface area contributed by atoms with Crippen molar-refractivity contribution < 1.29 is 4.39 Å². The van der Waals surface area contributed by atoms with E-state index in [1.54, 1.807) is 0 Å². The second-order valence-corrected chi connectivity index (χ2v) is 6.76. The lowest BCUT2D eigenvalue weighted by Gasteiger charge is -2.37. The van der Waals surface area contributed by atoms with Crippen molar-refractivity contribution >= 4 is 11.6 Å². The van der Waals surface area contributed by atoms with Crippen LogP contribution in [0.1, 0.15) is 51.5 Å². The first kappa shape index (κ1) is 16.8. The van der Waals surface area contributed by atoms with Gasteiger partial charge in [0.2, 0.25) is 0 Å². The highest BCUT2D eigenvalue weighted by atomic mass is 35.5. The summed E-state index contributed by atoms with van der Waals surface area (Å²) in [6, 6.07) is 5.39. The summed E-state index contributed by atoms with van der Waals surface area (Å²) >= 11 is 6.21. The number of hydrogen-bond acceptors (Lipinski definition) is 1. The molecule has 3 atom stereocenters. The Balaban J connectivity index is 2.07. The number of benzene rings is 1. The zero-order chi connectivity index (χ0) is 15.2. The zero-order valence-corrected chi connectivity index (χ0v) is 13.9. The van der Waals surface area contributed by atoms with Crippen LogP contribution >= 0.6 is 11.6 Å². The fraction of sp³-hybridized carbons (Fsp3) is 0.667. The summed E-state index contributed by atoms with van der Waals surface area (Å²) in [6.07, 6.45) is 7.21. The maximum atomic E-state index is 13.2. The minimum Gasteiger partial charge on any atom is -0.314 e. The highest BCUT2D eigenvalue weighted by molar-refractivity contribution is 6.31. The first-order valence-corrected chi connectivity index (χ1v) is 8.69. The molecule has 1 N–H and O–H groups in total. The van der Waals surface area contributed by atoms with Crippen molar-refractivity contribution in [3.63, 3.8) is 0 Å². The second kappa shape index (κ2) is 8.14. The molecular formula is C18H27ClFN. The van der Waals surface area contributed by atoms with E-state index >= 15 is 0 Å². The third-order valence-corrected chi connectivity index (χ3v) is 5.17. The zero-order valence-electron chi connectivity index (χ0n) is 13.2. The number of rotatable bonds is 6. The highest BCUT2D eigenvalue weighted by Crippen LogP contribution is 2.34. The second-order valence-electron chi connectivity index (χ2n) is 6.35. The Morgan fingerprint density at radius 2 is 2.10 bits per heavy atom. The SMILES string of the molecule is CCCNC1CCC(CC)CC1Cc1ccc(F)cc1Cl. The molecule has 118 valence electrons. The van der Waals surface area contributed by atoms with Gasteiger partial charge in [0.05, 0.1) is 0 Å². The molecule has 3 heteroatoms. The first-order valence-electron chi connectivity index (χ1n) is 8.31. The van der Waals surface area contributed by atoms with Crippen molar-refractivity contribution in [1.82, 2.24) is 5.32 Å². The van der Waals surface area contributed by atoms with Crippen molar-refractivity contribution in [2.24, 2.45) is 11.8 Å². The molecule has 0 spiro atoms. The Kier molecular flexibility index (Phi) is 6.50. The van der Waals surface area contributed by atoms with Crippen LogP contribution < -0.4 is 5.32 Å². The van der Waals surface area contributed by atoms with Crippen LogP contribution in [0.2, 0.25) is 5.02 Å². The molecule has 1 nitrogen and oxygen atoms in total. The first-order chi connectivity index (χ1) is 10.1. The summed E-state index contributed by atoms with van der Waals surface area (Å²) < 4.78 is 13.2. The standard InChI is InChI=1S/C18H27ClFN/c1-3-9-21-18-8-5-13(4-2)10-15(18)11-14-6-7-16(20)12-17(14)19/h6-7,12-13,15,18,21H,3-5,8-11H2,1-2H3. The van der Waals surface area contributed by atoms with E-state index in [0.717, 1.165) is 30.9 Å². The summed E-state index contributed by atoms with van der Waals surface area (Å²) in [4.78, 5) is 0. The summed E-state index contributed by atoms with van der Waals surface area (Å²) in [5.74, 6) is 1.19. The van der Waals surface area contributed by atoms with Crippen LogP contribution in [-0.2, 0) is 6.42 Å². The topological polar surface area (TPSA) is 12.0 Å². The van der Waals surface area contributed by atoms with Gasteiger partial charge in [-0.05, 0) is 68.2 Å². The molecule has 0 amide bonds. The lowest BCUT2D eigenvalue weighted by atomic mass is 9.74. The molecule has 0 saturated heterocycles. The van der Waals surface area contributed by atoms with Crippen molar-refractivity contribution in [3.05, 3.63) is 34.6 Å². The van der Waals surface area contributed by atoms with Crippen molar-refractivity contribution in [1.29, 1.82) is 0 Å². The van der Waals surface area contributed by atoms with Gasteiger partial charge in [0.1, 0.15) is 5.82 Å². The smallest absolute Gasteiger partial charge is 0.124 e. The van der Waals surface area contributed by atoms with Gasteiger partial charge < -0.3 is 5.32 Å². The van der Waals surface area contributed by atoms with Gasteiger partial charge in [-0.25, -0.2) is 4.39 Å². The Morgan fingerprint density at radius 3 is 2.76 bits per heavy atom. The average molecular weight is 312 g/mol. The van der Waals surface area contributed by atoms with Crippen LogP contribution in [0, 0.1) is 17.7 Å². The fourth-order valence-corrected chi connectivity index (χ4v) is 3.77. The van der Waals surface area contributed by atoms with Crippen molar-refractivity contribution in [2.75, 3.05) is 6.54 Å². The van der Waals surface area contributed by atoms with E-state index in [1.807, 2.05) is 6.07 Å². The molecule has 0 radical (unpaired) electrons. The number of hydrogen-bond donors (Lipinski definition) is 1. The Hall–Kier alpha value is -0.600. The van der Waals surface area contributed by atoms with E-state index in [-0.39, 0.29) is 5.82 Å². The van der Waals surface area contributed by atoms with Crippen LogP contribution in [0.3, 0.4) is 0 Å². The lowest BCUT2D eigenvalue weighted by molar-refractivity contribution is 0.198. The van der Waals surface area contributed by atoms with Crippen LogP contribution in [0.15, 0.2) is 18.2 Å². The molecule has 1 aliphatic rings. The molecule has 1 aromatic carbocycles. The van der Waals surface area contributed by atoms with E-state index in [9.17, 15) is 4.39 Å². The molecule has 3 unspecified atom stereocenters. The third-order valence-electron chi connectivity index (χ3n) is 4.82. The molecule has 1 saturated carbocycles. The summed E-state index contributed by atoms with van der Waals surface area (Å²) in [7, 11) is 0. The molecule has 0 aliphatic heterocycles.